The second-order valence-corrected chi connectivity index (χ2v) is 13.6. The van der Waals surface area contributed by atoms with E-state index in [0.717, 1.165) is 11.1 Å². The number of nitrogens with zero attached hydrogens (tertiary/aromatic N) is 3. The minimum atomic E-state index is -2.19. The van der Waals surface area contributed by atoms with Gasteiger partial charge in [0.2, 0.25) is 0 Å². The fourth-order valence-corrected chi connectivity index (χ4v) is 4.59. The fraction of sp³-hybridized carbons (Fsp3) is 0.667. The molecular formula is C18H30N4O5Si. The monoisotopic (exact) mass is 410 g/mol. The highest BCUT2D eigenvalue weighted by Gasteiger charge is 2.46. The standard InChI is InChI=1S/C18H30N4O5Si/c1-12-9-20-11-15(16(12)27-28(5,6)18(2,3)4)21(17(23)24)13-7-8-19-10-14(13)22(25)26/h7-8,10,12,15-16,20H,9,11H2,1-6H3,(H,23,24)/t12-,15+,16+/m0/s1. The number of carboxylic acid groups (broad SMARTS) is 1. The Labute approximate surface area is 166 Å². The van der Waals surface area contributed by atoms with Gasteiger partial charge in [-0.1, -0.05) is 27.7 Å². The maximum absolute atomic E-state index is 12.2. The van der Waals surface area contributed by atoms with E-state index in [1.54, 1.807) is 0 Å². The smallest absolute Gasteiger partial charge is 0.412 e. The molecule has 0 aliphatic carbocycles. The number of anilines is 1. The molecule has 10 heteroatoms. The molecule has 1 aliphatic heterocycles. The average molecular weight is 411 g/mol. The van der Waals surface area contributed by atoms with Crippen LogP contribution in [0.1, 0.15) is 27.7 Å². The minimum absolute atomic E-state index is 0.0113. The number of amides is 1. The molecule has 2 rings (SSSR count). The maximum atomic E-state index is 12.2. The molecule has 9 nitrogen and oxygen atoms in total. The van der Waals surface area contributed by atoms with Crippen molar-refractivity contribution in [3.63, 3.8) is 0 Å². The topological polar surface area (TPSA) is 118 Å². The van der Waals surface area contributed by atoms with Crippen molar-refractivity contribution < 1.29 is 19.3 Å². The van der Waals surface area contributed by atoms with Gasteiger partial charge in [-0.25, -0.2) is 4.79 Å². The molecule has 0 radical (unpaired) electrons. The lowest BCUT2D eigenvalue weighted by Crippen LogP contribution is -2.62. The van der Waals surface area contributed by atoms with E-state index in [-0.39, 0.29) is 28.4 Å². The summed E-state index contributed by atoms with van der Waals surface area (Å²) in [6, 6.07) is 0.783. The fourth-order valence-electron chi connectivity index (χ4n) is 3.17. The average Bonchev–Trinajstić information content (AvgIpc) is 2.57. The van der Waals surface area contributed by atoms with Crippen LogP contribution in [0, 0.1) is 16.0 Å². The summed E-state index contributed by atoms with van der Waals surface area (Å²) in [6.45, 7) is 13.7. The molecule has 3 atom stereocenters. The molecule has 28 heavy (non-hydrogen) atoms. The van der Waals surface area contributed by atoms with Gasteiger partial charge in [-0.05, 0) is 30.1 Å². The van der Waals surface area contributed by atoms with Gasteiger partial charge in [0.25, 0.3) is 0 Å². The Bertz CT molecular complexity index is 737. The molecule has 2 N–H and O–H groups in total. The van der Waals surface area contributed by atoms with Crippen LogP contribution in [-0.4, -0.2) is 54.7 Å². The van der Waals surface area contributed by atoms with Gasteiger partial charge < -0.3 is 14.8 Å². The van der Waals surface area contributed by atoms with Crippen molar-refractivity contribution in [3.8, 4) is 0 Å². The number of piperidine rings is 1. The highest BCUT2D eigenvalue weighted by molar-refractivity contribution is 6.74. The third kappa shape index (κ3) is 4.50. The van der Waals surface area contributed by atoms with E-state index in [1.165, 1.54) is 12.3 Å². The second-order valence-electron chi connectivity index (χ2n) is 8.82. The van der Waals surface area contributed by atoms with Gasteiger partial charge in [0.1, 0.15) is 11.9 Å². The molecule has 1 saturated heterocycles. The predicted molar refractivity (Wildman–Crippen MR) is 109 cm³/mol. The molecule has 0 unspecified atom stereocenters. The Kier molecular flexibility index (Phi) is 6.47. The molecule has 1 fully saturated rings. The Morgan fingerprint density at radius 2 is 2.07 bits per heavy atom. The van der Waals surface area contributed by atoms with Crippen molar-refractivity contribution in [1.29, 1.82) is 0 Å². The summed E-state index contributed by atoms with van der Waals surface area (Å²) in [5.74, 6) is 0.0515. The largest absolute Gasteiger partial charge is 0.465 e. The molecule has 1 aromatic heterocycles. The van der Waals surface area contributed by atoms with Crippen LogP contribution in [0.4, 0.5) is 16.2 Å². The summed E-state index contributed by atoms with van der Waals surface area (Å²) in [7, 11) is -2.19. The third-order valence-electron chi connectivity index (χ3n) is 5.77. The highest BCUT2D eigenvalue weighted by atomic mass is 28.4. The van der Waals surface area contributed by atoms with E-state index >= 15 is 0 Å². The van der Waals surface area contributed by atoms with Crippen molar-refractivity contribution in [2.24, 2.45) is 5.92 Å². The molecule has 0 aromatic carbocycles. The normalized spacial score (nSPS) is 23.3. The number of nitrogens with one attached hydrogen (secondary N) is 1. The van der Waals surface area contributed by atoms with Crippen molar-refractivity contribution in [3.05, 3.63) is 28.6 Å². The zero-order valence-corrected chi connectivity index (χ0v) is 18.3. The van der Waals surface area contributed by atoms with Crippen molar-refractivity contribution in [2.45, 2.75) is 58.0 Å². The summed E-state index contributed by atoms with van der Waals surface area (Å²) in [5.41, 5.74) is -0.327. The molecule has 156 valence electrons. The van der Waals surface area contributed by atoms with Crippen LogP contribution in [0.25, 0.3) is 0 Å². The van der Waals surface area contributed by atoms with E-state index in [0.29, 0.717) is 13.1 Å². The second kappa shape index (κ2) is 8.14. The van der Waals surface area contributed by atoms with Crippen LogP contribution in [0.5, 0.6) is 0 Å². The van der Waals surface area contributed by atoms with Crippen LogP contribution in [0.3, 0.4) is 0 Å². The summed E-state index contributed by atoms with van der Waals surface area (Å²) in [4.78, 5) is 27.9. The van der Waals surface area contributed by atoms with Gasteiger partial charge in [-0.3, -0.25) is 20.0 Å². The van der Waals surface area contributed by atoms with Gasteiger partial charge in [0.15, 0.2) is 8.32 Å². The van der Waals surface area contributed by atoms with Gasteiger partial charge in [0.05, 0.1) is 17.1 Å². The maximum Gasteiger partial charge on any atom is 0.412 e. The van der Waals surface area contributed by atoms with E-state index in [4.69, 9.17) is 4.43 Å². The number of rotatable bonds is 5. The summed E-state index contributed by atoms with van der Waals surface area (Å²) >= 11 is 0. The molecule has 0 bridgehead atoms. The third-order valence-corrected chi connectivity index (χ3v) is 10.2. The highest BCUT2D eigenvalue weighted by Crippen LogP contribution is 2.40. The van der Waals surface area contributed by atoms with Crippen LogP contribution in [0.2, 0.25) is 18.1 Å². The molecule has 1 aliphatic rings. The Balaban J connectivity index is 2.49. The number of aromatic nitrogens is 1. The molecule has 1 aromatic rings. The SMILES string of the molecule is C[C@H]1CNC[C@@H](N(C(=O)O)c2ccncc2[N+](=O)[O-])[C@@H]1O[Si](C)(C)C(C)(C)C. The molecule has 0 spiro atoms. The summed E-state index contributed by atoms with van der Waals surface area (Å²) < 4.78 is 6.63. The van der Waals surface area contributed by atoms with Crippen molar-refractivity contribution in [2.75, 3.05) is 18.0 Å². The van der Waals surface area contributed by atoms with Crippen LogP contribution in [0.15, 0.2) is 18.5 Å². The van der Waals surface area contributed by atoms with Gasteiger partial charge >= 0.3 is 11.8 Å². The van der Waals surface area contributed by atoms with Gasteiger partial charge in [0, 0.05) is 19.3 Å². The number of pyridine rings is 1. The first-order valence-electron chi connectivity index (χ1n) is 9.36. The number of carbonyl (C=O) groups is 1. The lowest BCUT2D eigenvalue weighted by molar-refractivity contribution is -0.384. The first-order valence-corrected chi connectivity index (χ1v) is 12.3. The minimum Gasteiger partial charge on any atom is -0.465 e. The lowest BCUT2D eigenvalue weighted by Gasteiger charge is -2.47. The van der Waals surface area contributed by atoms with E-state index in [9.17, 15) is 20.0 Å². The molecule has 0 saturated carbocycles. The van der Waals surface area contributed by atoms with Crippen LogP contribution in [-0.2, 0) is 4.43 Å². The van der Waals surface area contributed by atoms with Gasteiger partial charge in [-0.2, -0.15) is 0 Å². The van der Waals surface area contributed by atoms with E-state index in [2.05, 4.69) is 44.2 Å². The zero-order valence-electron chi connectivity index (χ0n) is 17.3. The Morgan fingerprint density at radius 1 is 1.43 bits per heavy atom. The molecule has 1 amide bonds. The first kappa shape index (κ1) is 22.2. The number of hydrogen-bond donors (Lipinski definition) is 2. The van der Waals surface area contributed by atoms with Crippen molar-refractivity contribution in [1.82, 2.24) is 10.3 Å². The molecule has 2 heterocycles. The summed E-state index contributed by atoms with van der Waals surface area (Å²) in [6.07, 6.45) is 0.820. The Morgan fingerprint density at radius 3 is 2.61 bits per heavy atom. The number of nitro groups is 1. The summed E-state index contributed by atoms with van der Waals surface area (Å²) in [5, 5.41) is 24.6. The van der Waals surface area contributed by atoms with Crippen LogP contribution < -0.4 is 10.2 Å². The lowest BCUT2D eigenvalue weighted by atomic mass is 9.92. The van der Waals surface area contributed by atoms with Crippen LogP contribution >= 0.6 is 0 Å². The zero-order chi connectivity index (χ0) is 21.3. The van der Waals surface area contributed by atoms with E-state index in [1.807, 2.05) is 6.92 Å². The van der Waals surface area contributed by atoms with E-state index < -0.39 is 25.4 Å². The Hall–Kier alpha value is -2.04. The molecular weight excluding hydrogens is 380 g/mol. The first-order chi connectivity index (χ1) is 12.9. The predicted octanol–water partition coefficient (Wildman–Crippen LogP) is 3.47. The van der Waals surface area contributed by atoms with Gasteiger partial charge in [-0.15, -0.1) is 0 Å². The number of hydrogen-bond acceptors (Lipinski definition) is 6. The quantitative estimate of drug-likeness (QED) is 0.433. The van der Waals surface area contributed by atoms with Crippen molar-refractivity contribution >= 4 is 25.8 Å².